The number of Topliss-reactive ketones (excluding diaryl/α,β-unsaturated/α-hetero) is 1. The van der Waals surface area contributed by atoms with Crippen molar-refractivity contribution in [1.29, 1.82) is 0 Å². The summed E-state index contributed by atoms with van der Waals surface area (Å²) in [6.07, 6.45) is 3.65. The first kappa shape index (κ1) is 20.4. The molecule has 0 unspecified atom stereocenters. The number of pyridine rings is 1. The number of benzene rings is 1. The van der Waals surface area contributed by atoms with Gasteiger partial charge in [-0.15, -0.1) is 0 Å². The van der Waals surface area contributed by atoms with Gasteiger partial charge in [0.05, 0.1) is 0 Å². The number of hydrogen-bond acceptors (Lipinski definition) is 2. The second-order valence-electron chi connectivity index (χ2n) is 6.67. The van der Waals surface area contributed by atoms with Crippen molar-refractivity contribution in [3.63, 3.8) is 0 Å². The van der Waals surface area contributed by atoms with Crippen LogP contribution in [-0.4, -0.2) is 10.8 Å². The van der Waals surface area contributed by atoms with Gasteiger partial charge in [0.15, 0.2) is 5.78 Å². The Balaban J connectivity index is 0.000000187. The van der Waals surface area contributed by atoms with Crippen molar-refractivity contribution in [2.75, 3.05) is 0 Å². The summed E-state index contributed by atoms with van der Waals surface area (Å²) in [5.41, 5.74) is 0.362. The Morgan fingerprint density at radius 2 is 1.96 bits per heavy atom. The quantitative estimate of drug-likeness (QED) is 0.575. The number of rotatable bonds is 3. The van der Waals surface area contributed by atoms with Crippen LogP contribution in [0.2, 0.25) is 5.02 Å². The molecule has 1 aliphatic carbocycles. The highest BCUT2D eigenvalue weighted by atomic mass is 35.5. The molecule has 2 aromatic rings. The van der Waals surface area contributed by atoms with Crippen LogP contribution in [0.1, 0.15) is 61.1 Å². The number of alkyl halides is 2. The lowest BCUT2D eigenvalue weighted by molar-refractivity contribution is 0.0160. The van der Waals surface area contributed by atoms with Gasteiger partial charge in [-0.25, -0.2) is 13.2 Å². The first-order valence-corrected chi connectivity index (χ1v) is 8.78. The van der Waals surface area contributed by atoms with E-state index in [0.29, 0.717) is 16.9 Å². The summed E-state index contributed by atoms with van der Waals surface area (Å²) in [4.78, 5) is 14.5. The fourth-order valence-electron chi connectivity index (χ4n) is 2.97. The SMILES string of the molecule is CC(=O)c1ncccc1C(C)(F)F.C[C@@H]1CC[C@@H]1c1ccc(Cl)cc1F. The molecule has 0 amide bonds. The van der Waals surface area contributed by atoms with Gasteiger partial charge < -0.3 is 0 Å². The first-order chi connectivity index (χ1) is 12.1. The van der Waals surface area contributed by atoms with Crippen molar-refractivity contribution >= 4 is 17.4 Å². The number of carbonyl (C=O) groups is 1. The molecule has 1 aliphatic rings. The summed E-state index contributed by atoms with van der Waals surface area (Å²) in [5, 5.41) is 0.480. The van der Waals surface area contributed by atoms with Crippen LogP contribution in [0.4, 0.5) is 13.2 Å². The summed E-state index contributed by atoms with van der Waals surface area (Å²) in [7, 11) is 0. The number of aromatic nitrogens is 1. The van der Waals surface area contributed by atoms with Gasteiger partial charge in [-0.3, -0.25) is 9.78 Å². The summed E-state index contributed by atoms with van der Waals surface area (Å²) in [6, 6.07) is 7.59. The van der Waals surface area contributed by atoms with Crippen molar-refractivity contribution in [2.24, 2.45) is 5.92 Å². The molecule has 0 aliphatic heterocycles. The molecular formula is C20H21ClF3NO. The van der Waals surface area contributed by atoms with E-state index >= 15 is 0 Å². The lowest BCUT2D eigenvalue weighted by Gasteiger charge is -2.34. The largest absolute Gasteiger partial charge is 0.293 e. The van der Waals surface area contributed by atoms with E-state index in [2.05, 4.69) is 11.9 Å². The van der Waals surface area contributed by atoms with Gasteiger partial charge >= 0.3 is 0 Å². The Morgan fingerprint density at radius 3 is 2.38 bits per heavy atom. The van der Waals surface area contributed by atoms with Crippen molar-refractivity contribution in [2.45, 2.75) is 45.5 Å². The van der Waals surface area contributed by atoms with Crippen LogP contribution in [-0.2, 0) is 5.92 Å². The molecular weight excluding hydrogens is 363 g/mol. The predicted molar refractivity (Wildman–Crippen MR) is 96.4 cm³/mol. The van der Waals surface area contributed by atoms with Crippen LogP contribution in [0.3, 0.4) is 0 Å². The Labute approximate surface area is 156 Å². The second kappa shape index (κ2) is 8.21. The average molecular weight is 384 g/mol. The van der Waals surface area contributed by atoms with Crippen LogP contribution < -0.4 is 0 Å². The molecule has 1 fully saturated rings. The monoisotopic (exact) mass is 383 g/mol. The van der Waals surface area contributed by atoms with E-state index < -0.39 is 11.7 Å². The van der Waals surface area contributed by atoms with E-state index in [1.54, 1.807) is 6.07 Å². The molecule has 0 bridgehead atoms. The molecule has 0 N–H and O–H groups in total. The summed E-state index contributed by atoms with van der Waals surface area (Å²) in [5.74, 6) is -2.58. The van der Waals surface area contributed by atoms with Crippen molar-refractivity contribution in [3.05, 3.63) is 64.2 Å². The molecule has 2 nitrogen and oxygen atoms in total. The molecule has 140 valence electrons. The van der Waals surface area contributed by atoms with Crippen LogP contribution in [0.5, 0.6) is 0 Å². The molecule has 0 spiro atoms. The topological polar surface area (TPSA) is 30.0 Å². The zero-order valence-corrected chi connectivity index (χ0v) is 15.7. The summed E-state index contributed by atoms with van der Waals surface area (Å²) < 4.78 is 39.2. The lowest BCUT2D eigenvalue weighted by atomic mass is 9.71. The fraction of sp³-hybridized carbons (Fsp3) is 0.400. The third-order valence-corrected chi connectivity index (χ3v) is 4.83. The minimum Gasteiger partial charge on any atom is -0.293 e. The lowest BCUT2D eigenvalue weighted by Crippen LogP contribution is -2.21. The molecule has 1 aromatic carbocycles. The van der Waals surface area contributed by atoms with Gasteiger partial charge in [-0.1, -0.05) is 24.6 Å². The maximum Gasteiger partial charge on any atom is 0.272 e. The van der Waals surface area contributed by atoms with Gasteiger partial charge in [0, 0.05) is 30.6 Å². The van der Waals surface area contributed by atoms with E-state index in [9.17, 15) is 18.0 Å². The molecule has 1 heterocycles. The Kier molecular flexibility index (Phi) is 6.45. The molecule has 1 aromatic heterocycles. The average Bonchev–Trinajstić information content (AvgIpc) is 2.55. The first-order valence-electron chi connectivity index (χ1n) is 8.40. The van der Waals surface area contributed by atoms with Crippen LogP contribution in [0.15, 0.2) is 36.5 Å². The number of halogens is 4. The standard InChI is InChI=1S/C11H12ClF.C9H9F2NO/c1-7-2-4-9(7)10-5-3-8(12)6-11(10)13;1-6(13)8-7(9(2,10)11)4-3-5-12-8/h3,5-7,9H,2,4H2,1H3;3-5H,1-2H3/t7-,9+;/m1./s1. The molecule has 3 rings (SSSR count). The highest BCUT2D eigenvalue weighted by molar-refractivity contribution is 6.30. The molecule has 6 heteroatoms. The van der Waals surface area contributed by atoms with Crippen LogP contribution in [0, 0.1) is 11.7 Å². The molecule has 0 radical (unpaired) electrons. The second-order valence-corrected chi connectivity index (χ2v) is 7.11. The minimum absolute atomic E-state index is 0.149. The van der Waals surface area contributed by atoms with E-state index in [1.807, 2.05) is 6.07 Å². The smallest absolute Gasteiger partial charge is 0.272 e. The maximum atomic E-state index is 13.4. The normalized spacial score (nSPS) is 19.2. The van der Waals surface area contributed by atoms with Crippen LogP contribution >= 0.6 is 11.6 Å². The highest BCUT2D eigenvalue weighted by Crippen LogP contribution is 2.43. The number of ketones is 1. The predicted octanol–water partition coefficient (Wildman–Crippen LogP) is 6.39. The zero-order valence-electron chi connectivity index (χ0n) is 14.9. The zero-order chi connectivity index (χ0) is 19.5. The minimum atomic E-state index is -3.02. The van der Waals surface area contributed by atoms with Gasteiger partial charge in [-0.05, 0) is 54.5 Å². The Bertz CT molecular complexity index is 789. The molecule has 1 saturated carbocycles. The van der Waals surface area contributed by atoms with E-state index in [1.165, 1.54) is 37.7 Å². The summed E-state index contributed by atoms with van der Waals surface area (Å²) >= 11 is 5.68. The Morgan fingerprint density at radius 1 is 1.27 bits per heavy atom. The van der Waals surface area contributed by atoms with Crippen LogP contribution in [0.25, 0.3) is 0 Å². The number of nitrogens with zero attached hydrogens (tertiary/aromatic N) is 1. The third kappa shape index (κ3) is 4.85. The maximum absolute atomic E-state index is 13.4. The molecule has 0 saturated heterocycles. The number of hydrogen-bond donors (Lipinski definition) is 0. The van der Waals surface area contributed by atoms with Crippen molar-refractivity contribution in [3.8, 4) is 0 Å². The highest BCUT2D eigenvalue weighted by Gasteiger charge is 2.30. The third-order valence-electron chi connectivity index (χ3n) is 4.60. The van der Waals surface area contributed by atoms with Gasteiger partial charge in [0.1, 0.15) is 11.5 Å². The number of carbonyl (C=O) groups excluding carboxylic acids is 1. The fourth-order valence-corrected chi connectivity index (χ4v) is 3.13. The van der Waals surface area contributed by atoms with Crippen molar-refractivity contribution in [1.82, 2.24) is 4.98 Å². The molecule has 26 heavy (non-hydrogen) atoms. The van der Waals surface area contributed by atoms with Crippen molar-refractivity contribution < 1.29 is 18.0 Å². The van der Waals surface area contributed by atoms with Gasteiger partial charge in [-0.2, -0.15) is 0 Å². The molecule has 2 atom stereocenters. The van der Waals surface area contributed by atoms with E-state index in [0.717, 1.165) is 18.9 Å². The van der Waals surface area contributed by atoms with E-state index in [-0.39, 0.29) is 17.1 Å². The summed E-state index contributed by atoms with van der Waals surface area (Å²) in [6.45, 7) is 4.14. The Hall–Kier alpha value is -1.88. The van der Waals surface area contributed by atoms with Gasteiger partial charge in [0.2, 0.25) is 0 Å². The van der Waals surface area contributed by atoms with E-state index in [4.69, 9.17) is 11.6 Å². The van der Waals surface area contributed by atoms with Gasteiger partial charge in [0.25, 0.3) is 5.92 Å².